The van der Waals surface area contributed by atoms with E-state index in [9.17, 15) is 4.79 Å². The van der Waals surface area contributed by atoms with Gasteiger partial charge in [0.25, 0.3) is 0 Å². The lowest BCUT2D eigenvalue weighted by atomic mass is 9.89. The Morgan fingerprint density at radius 3 is 2.54 bits per heavy atom. The molecule has 0 saturated carbocycles. The topological polar surface area (TPSA) is 49.6 Å². The Hall–Kier alpha value is -1.88. The van der Waals surface area contributed by atoms with Crippen LogP contribution in [0.25, 0.3) is 0 Å². The molecule has 5 heteroatoms. The zero-order chi connectivity index (χ0) is 18.7. The first kappa shape index (κ1) is 18.9. The van der Waals surface area contributed by atoms with E-state index in [1.165, 1.54) is 5.56 Å². The second kappa shape index (κ2) is 8.21. The first-order chi connectivity index (χ1) is 12.5. The van der Waals surface area contributed by atoms with Crippen LogP contribution in [0.3, 0.4) is 0 Å². The maximum absolute atomic E-state index is 13.3. The van der Waals surface area contributed by atoms with Crippen molar-refractivity contribution in [1.82, 2.24) is 9.80 Å². The van der Waals surface area contributed by atoms with E-state index in [2.05, 4.69) is 12.1 Å². The number of amides is 1. The van der Waals surface area contributed by atoms with Crippen molar-refractivity contribution in [3.8, 4) is 0 Å². The highest BCUT2D eigenvalue weighted by Crippen LogP contribution is 2.34. The van der Waals surface area contributed by atoms with Crippen molar-refractivity contribution < 1.29 is 4.79 Å². The molecule has 1 amide bonds. The van der Waals surface area contributed by atoms with Gasteiger partial charge in [0.05, 0.1) is 0 Å². The summed E-state index contributed by atoms with van der Waals surface area (Å²) in [6.07, 6.45) is 0. The molecule has 1 heterocycles. The summed E-state index contributed by atoms with van der Waals surface area (Å²) in [4.78, 5) is 17.2. The summed E-state index contributed by atoms with van der Waals surface area (Å²) < 4.78 is 0. The Labute approximate surface area is 160 Å². The van der Waals surface area contributed by atoms with Crippen molar-refractivity contribution in [2.75, 3.05) is 33.7 Å². The maximum Gasteiger partial charge on any atom is 0.244 e. The van der Waals surface area contributed by atoms with Crippen LogP contribution < -0.4 is 5.73 Å². The van der Waals surface area contributed by atoms with Crippen LogP contribution in [-0.4, -0.2) is 49.4 Å². The molecule has 4 nitrogen and oxygen atoms in total. The number of rotatable bonds is 5. The van der Waals surface area contributed by atoms with Gasteiger partial charge in [0.2, 0.25) is 5.91 Å². The molecule has 26 heavy (non-hydrogen) atoms. The third-order valence-electron chi connectivity index (χ3n) is 5.20. The van der Waals surface area contributed by atoms with Gasteiger partial charge in [-0.05, 0) is 49.8 Å². The minimum Gasteiger partial charge on any atom is -0.340 e. The molecule has 0 radical (unpaired) electrons. The van der Waals surface area contributed by atoms with E-state index in [4.69, 9.17) is 17.3 Å². The fraction of sp³-hybridized carbons (Fsp3) is 0.381. The molecule has 1 saturated heterocycles. The van der Waals surface area contributed by atoms with Gasteiger partial charge in [0.15, 0.2) is 0 Å². The van der Waals surface area contributed by atoms with E-state index in [1.54, 1.807) is 0 Å². The van der Waals surface area contributed by atoms with Crippen LogP contribution in [-0.2, 0) is 4.79 Å². The first-order valence-electron chi connectivity index (χ1n) is 8.97. The molecule has 2 aromatic rings. The summed E-state index contributed by atoms with van der Waals surface area (Å²) in [5.74, 6) is 0.671. The van der Waals surface area contributed by atoms with Gasteiger partial charge < -0.3 is 10.6 Å². The van der Waals surface area contributed by atoms with Gasteiger partial charge in [-0.3, -0.25) is 9.69 Å². The first-order valence-corrected chi connectivity index (χ1v) is 9.34. The zero-order valence-electron chi connectivity index (χ0n) is 15.3. The minimum absolute atomic E-state index is 0.106. The number of hydrogen-bond donors (Lipinski definition) is 1. The predicted octanol–water partition coefficient (Wildman–Crippen LogP) is 3.14. The summed E-state index contributed by atoms with van der Waals surface area (Å²) in [5, 5.41) is 0.644. The van der Waals surface area contributed by atoms with E-state index >= 15 is 0 Å². The summed E-state index contributed by atoms with van der Waals surface area (Å²) in [5.41, 5.74) is 8.19. The third-order valence-corrected chi connectivity index (χ3v) is 5.43. The lowest BCUT2D eigenvalue weighted by molar-refractivity contribution is -0.135. The molecule has 1 aliphatic heterocycles. The third kappa shape index (κ3) is 3.93. The molecule has 0 spiro atoms. The zero-order valence-corrected chi connectivity index (χ0v) is 16.1. The molecule has 138 valence electrons. The maximum atomic E-state index is 13.3. The Kier molecular flexibility index (Phi) is 5.97. The lowest BCUT2D eigenvalue weighted by Gasteiger charge is -2.28. The number of carbonyl (C=O) groups excluding carboxylic acids is 1. The summed E-state index contributed by atoms with van der Waals surface area (Å²) in [6.45, 7) is 1.97. The van der Waals surface area contributed by atoms with E-state index < -0.39 is 0 Å². The van der Waals surface area contributed by atoms with E-state index in [-0.39, 0.29) is 23.8 Å². The average Bonchev–Trinajstić information content (AvgIpc) is 3.07. The standard InChI is InChI=1S/C21H26ClN3O/c1-24(2)20(16-9-6-10-18(22)11-16)21(26)25-13-17(12-23)19(14-25)15-7-4-3-5-8-15/h3-11,17,19-20H,12-14,23H2,1-2H3/t17-,19+,20?/m1/s1. The van der Waals surface area contributed by atoms with Crippen molar-refractivity contribution in [3.63, 3.8) is 0 Å². The highest BCUT2D eigenvalue weighted by atomic mass is 35.5. The summed E-state index contributed by atoms with van der Waals surface area (Å²) >= 11 is 6.15. The van der Waals surface area contributed by atoms with E-state index in [1.807, 2.05) is 66.4 Å². The van der Waals surface area contributed by atoms with Gasteiger partial charge >= 0.3 is 0 Å². The van der Waals surface area contributed by atoms with Crippen LogP contribution in [0.15, 0.2) is 54.6 Å². The number of benzene rings is 2. The molecule has 0 aromatic heterocycles. The van der Waals surface area contributed by atoms with Crippen molar-refractivity contribution in [1.29, 1.82) is 0 Å². The van der Waals surface area contributed by atoms with Crippen LogP contribution in [0.1, 0.15) is 23.1 Å². The molecule has 2 N–H and O–H groups in total. The molecule has 1 fully saturated rings. The van der Waals surface area contributed by atoms with Crippen LogP contribution >= 0.6 is 11.6 Å². The quantitative estimate of drug-likeness (QED) is 0.878. The van der Waals surface area contributed by atoms with Gasteiger partial charge in [-0.15, -0.1) is 0 Å². The van der Waals surface area contributed by atoms with Crippen molar-refractivity contribution in [2.45, 2.75) is 12.0 Å². The number of likely N-dealkylation sites (N-methyl/N-ethyl adjacent to an activating group) is 1. The highest BCUT2D eigenvalue weighted by molar-refractivity contribution is 6.30. The van der Waals surface area contributed by atoms with Gasteiger partial charge in [-0.1, -0.05) is 54.1 Å². The van der Waals surface area contributed by atoms with Crippen molar-refractivity contribution in [3.05, 3.63) is 70.7 Å². The Balaban J connectivity index is 1.84. The van der Waals surface area contributed by atoms with Crippen LogP contribution in [0.5, 0.6) is 0 Å². The minimum atomic E-state index is -0.346. The molecule has 3 atom stereocenters. The Morgan fingerprint density at radius 2 is 1.92 bits per heavy atom. The normalized spacial score (nSPS) is 21.2. The SMILES string of the molecule is CN(C)C(C(=O)N1C[C@@H](CN)[C@H](c2ccccc2)C1)c1cccc(Cl)c1. The van der Waals surface area contributed by atoms with E-state index in [0.29, 0.717) is 24.7 Å². The van der Waals surface area contributed by atoms with Gasteiger partial charge in [0.1, 0.15) is 6.04 Å². The Bertz CT molecular complexity index is 750. The highest BCUT2D eigenvalue weighted by Gasteiger charge is 2.38. The fourth-order valence-electron chi connectivity index (χ4n) is 3.88. The van der Waals surface area contributed by atoms with Crippen LogP contribution in [0.2, 0.25) is 5.02 Å². The summed E-state index contributed by atoms with van der Waals surface area (Å²) in [7, 11) is 3.85. The second-order valence-corrected chi connectivity index (χ2v) is 7.61. The van der Waals surface area contributed by atoms with E-state index in [0.717, 1.165) is 5.56 Å². The van der Waals surface area contributed by atoms with Crippen molar-refractivity contribution >= 4 is 17.5 Å². The Morgan fingerprint density at radius 1 is 1.19 bits per heavy atom. The molecule has 1 aliphatic rings. The van der Waals surface area contributed by atoms with Crippen molar-refractivity contribution in [2.24, 2.45) is 11.7 Å². The van der Waals surface area contributed by atoms with Gasteiger partial charge in [-0.25, -0.2) is 0 Å². The monoisotopic (exact) mass is 371 g/mol. The largest absolute Gasteiger partial charge is 0.340 e. The fourth-order valence-corrected chi connectivity index (χ4v) is 4.08. The number of halogens is 1. The molecule has 0 bridgehead atoms. The second-order valence-electron chi connectivity index (χ2n) is 7.18. The number of carbonyl (C=O) groups is 1. The number of nitrogens with zero attached hydrogens (tertiary/aromatic N) is 2. The van der Waals surface area contributed by atoms with Crippen LogP contribution in [0.4, 0.5) is 0 Å². The number of hydrogen-bond acceptors (Lipinski definition) is 3. The van der Waals surface area contributed by atoms with Gasteiger partial charge in [-0.2, -0.15) is 0 Å². The molecule has 1 unspecified atom stereocenters. The number of nitrogens with two attached hydrogens (primary N) is 1. The average molecular weight is 372 g/mol. The molecule has 3 rings (SSSR count). The smallest absolute Gasteiger partial charge is 0.244 e. The lowest BCUT2D eigenvalue weighted by Crippen LogP contribution is -2.39. The molecule has 2 aromatic carbocycles. The number of likely N-dealkylation sites (tertiary alicyclic amines) is 1. The molecular weight excluding hydrogens is 346 g/mol. The molecule has 0 aliphatic carbocycles. The predicted molar refractivity (Wildman–Crippen MR) is 106 cm³/mol. The summed E-state index contributed by atoms with van der Waals surface area (Å²) in [6, 6.07) is 17.6. The molecular formula is C21H26ClN3O. The van der Waals surface area contributed by atoms with Crippen LogP contribution in [0, 0.1) is 5.92 Å². The van der Waals surface area contributed by atoms with Gasteiger partial charge in [0, 0.05) is 24.0 Å².